The smallest absolute Gasteiger partial charge is 0.0447 e. The topological polar surface area (TPSA) is 12.9 Å². The fourth-order valence-corrected chi connectivity index (χ4v) is 1.31. The SMILES string of the molecule is Cl.Cl.Cl.Cl.Cl.[Bi].c1ccc(Cc2ccccn2)cc1. The second kappa shape index (κ2) is 18.7. The molecule has 2 rings (SSSR count). The van der Waals surface area contributed by atoms with Crippen LogP contribution in [0.1, 0.15) is 11.3 Å². The van der Waals surface area contributed by atoms with Crippen LogP contribution >= 0.6 is 62.0 Å². The van der Waals surface area contributed by atoms with E-state index in [1.54, 1.807) is 0 Å². The average molecular weight is 561 g/mol. The molecule has 0 bridgehead atoms. The van der Waals surface area contributed by atoms with Gasteiger partial charge in [-0.05, 0) is 17.7 Å². The van der Waals surface area contributed by atoms with Gasteiger partial charge in [-0.1, -0.05) is 36.4 Å². The molecular weight excluding hydrogens is 544 g/mol. The average Bonchev–Trinajstić information content (AvgIpc) is 2.21. The Morgan fingerprint density at radius 3 is 1.68 bits per heavy atom. The molecule has 1 heterocycles. The Morgan fingerprint density at radius 1 is 0.684 bits per heavy atom. The molecule has 3 radical (unpaired) electrons. The van der Waals surface area contributed by atoms with Crippen LogP contribution < -0.4 is 0 Å². The number of halogens is 5. The first-order valence-corrected chi connectivity index (χ1v) is 4.39. The van der Waals surface area contributed by atoms with Gasteiger partial charge in [-0.3, -0.25) is 4.98 Å². The van der Waals surface area contributed by atoms with E-state index < -0.39 is 0 Å². The molecule has 0 aliphatic heterocycles. The molecule has 0 atom stereocenters. The third-order valence-electron chi connectivity index (χ3n) is 1.95. The molecule has 19 heavy (non-hydrogen) atoms. The van der Waals surface area contributed by atoms with E-state index in [2.05, 4.69) is 29.2 Å². The molecule has 0 unspecified atom stereocenters. The summed E-state index contributed by atoms with van der Waals surface area (Å²) in [6.45, 7) is 0. The van der Waals surface area contributed by atoms with E-state index >= 15 is 0 Å². The molecule has 0 aliphatic carbocycles. The summed E-state index contributed by atoms with van der Waals surface area (Å²) in [6, 6.07) is 16.4. The molecule has 109 valence electrons. The molecule has 1 aromatic carbocycles. The van der Waals surface area contributed by atoms with Crippen LogP contribution in [0.25, 0.3) is 0 Å². The Balaban J connectivity index is -0.000000109. The van der Waals surface area contributed by atoms with Crippen LogP contribution in [0.4, 0.5) is 0 Å². The number of hydrogen-bond acceptors (Lipinski definition) is 1. The van der Waals surface area contributed by atoms with Gasteiger partial charge in [0.2, 0.25) is 0 Å². The van der Waals surface area contributed by atoms with E-state index in [1.807, 2.05) is 30.5 Å². The molecule has 0 N–H and O–H groups in total. The summed E-state index contributed by atoms with van der Waals surface area (Å²) in [6.07, 6.45) is 2.75. The van der Waals surface area contributed by atoms with Crippen molar-refractivity contribution in [2.24, 2.45) is 0 Å². The zero-order valence-corrected chi connectivity index (χ0v) is 17.4. The molecule has 0 fully saturated rings. The van der Waals surface area contributed by atoms with Crippen molar-refractivity contribution in [2.75, 3.05) is 0 Å². The minimum atomic E-state index is 0. The molecule has 0 amide bonds. The summed E-state index contributed by atoms with van der Waals surface area (Å²) in [5.74, 6) is 0. The van der Waals surface area contributed by atoms with Crippen molar-refractivity contribution in [1.82, 2.24) is 4.98 Å². The molecule has 2 aromatic rings. The van der Waals surface area contributed by atoms with E-state index in [-0.39, 0.29) is 88.2 Å². The first-order valence-electron chi connectivity index (χ1n) is 4.39. The van der Waals surface area contributed by atoms with Gasteiger partial charge in [-0.15, -0.1) is 62.0 Å². The van der Waals surface area contributed by atoms with Crippen molar-refractivity contribution in [3.05, 3.63) is 66.0 Å². The normalized spacial score (nSPS) is 6.74. The summed E-state index contributed by atoms with van der Waals surface area (Å²) < 4.78 is 0. The van der Waals surface area contributed by atoms with Crippen molar-refractivity contribution in [3.63, 3.8) is 0 Å². The Morgan fingerprint density at radius 2 is 1.21 bits per heavy atom. The van der Waals surface area contributed by atoms with Gasteiger partial charge in [0.15, 0.2) is 0 Å². The van der Waals surface area contributed by atoms with Gasteiger partial charge in [0.25, 0.3) is 0 Å². The maximum Gasteiger partial charge on any atom is 0.0447 e. The van der Waals surface area contributed by atoms with Crippen molar-refractivity contribution in [1.29, 1.82) is 0 Å². The van der Waals surface area contributed by atoms with Crippen molar-refractivity contribution >= 4 is 88.2 Å². The van der Waals surface area contributed by atoms with Gasteiger partial charge in [0.05, 0.1) is 0 Å². The maximum atomic E-state index is 4.27. The van der Waals surface area contributed by atoms with Crippen LogP contribution in [-0.4, -0.2) is 31.2 Å². The first-order chi connectivity index (χ1) is 6.45. The van der Waals surface area contributed by atoms with E-state index in [0.717, 1.165) is 12.1 Å². The Labute approximate surface area is 164 Å². The second-order valence-corrected chi connectivity index (χ2v) is 2.98. The van der Waals surface area contributed by atoms with Crippen molar-refractivity contribution < 1.29 is 0 Å². The molecule has 0 spiro atoms. The molecule has 7 heteroatoms. The zero-order valence-electron chi connectivity index (χ0n) is 9.84. The van der Waals surface area contributed by atoms with Gasteiger partial charge in [-0.2, -0.15) is 0 Å². The Hall–Kier alpha value is 0.703. The Bertz CT molecular complexity index is 337. The molecule has 0 aliphatic rings. The monoisotopic (exact) mass is 558 g/mol. The first kappa shape index (κ1) is 31.9. The van der Waals surface area contributed by atoms with Gasteiger partial charge >= 0.3 is 0 Å². The number of pyridine rings is 1. The van der Waals surface area contributed by atoms with Gasteiger partial charge in [-0.25, -0.2) is 0 Å². The predicted octanol–water partition coefficient (Wildman–Crippen LogP) is 4.40. The van der Waals surface area contributed by atoms with Crippen LogP contribution in [0.3, 0.4) is 0 Å². The van der Waals surface area contributed by atoms with Crippen molar-refractivity contribution in [2.45, 2.75) is 6.42 Å². The van der Waals surface area contributed by atoms with Crippen LogP contribution in [0, 0.1) is 0 Å². The van der Waals surface area contributed by atoms with Crippen LogP contribution in [0.15, 0.2) is 54.7 Å². The summed E-state index contributed by atoms with van der Waals surface area (Å²) in [5, 5.41) is 0. The summed E-state index contributed by atoms with van der Waals surface area (Å²) in [7, 11) is 0. The number of hydrogen-bond donors (Lipinski definition) is 0. The molecule has 0 saturated carbocycles. The van der Waals surface area contributed by atoms with Gasteiger partial charge in [0.1, 0.15) is 0 Å². The van der Waals surface area contributed by atoms with E-state index in [9.17, 15) is 0 Å². The Kier molecular flexibility index (Phi) is 31.4. The fourth-order valence-electron chi connectivity index (χ4n) is 1.31. The van der Waals surface area contributed by atoms with Crippen LogP contribution in [0.2, 0.25) is 0 Å². The van der Waals surface area contributed by atoms with Crippen LogP contribution in [-0.2, 0) is 6.42 Å². The molecular formula is C12H16BiCl5N. The van der Waals surface area contributed by atoms with E-state index in [4.69, 9.17) is 0 Å². The number of aromatic nitrogens is 1. The quantitative estimate of drug-likeness (QED) is 0.497. The minimum absolute atomic E-state index is 0. The fraction of sp³-hybridized carbons (Fsp3) is 0.0833. The molecule has 1 nitrogen and oxygen atoms in total. The third kappa shape index (κ3) is 12.2. The molecule has 1 aromatic heterocycles. The zero-order chi connectivity index (χ0) is 8.93. The van der Waals surface area contributed by atoms with Crippen molar-refractivity contribution in [3.8, 4) is 0 Å². The summed E-state index contributed by atoms with van der Waals surface area (Å²) >= 11 is 0. The standard InChI is InChI=1S/C12H11N.Bi.5ClH/c1-2-6-11(7-3-1)10-12-8-4-5-9-13-12;;;;;;/h1-9H,10H2;;5*1H. The molecule has 0 saturated heterocycles. The van der Waals surface area contributed by atoms with E-state index in [1.165, 1.54) is 5.56 Å². The second-order valence-electron chi connectivity index (χ2n) is 2.98. The summed E-state index contributed by atoms with van der Waals surface area (Å²) in [4.78, 5) is 4.27. The largest absolute Gasteiger partial charge is 0.261 e. The number of benzene rings is 1. The van der Waals surface area contributed by atoms with E-state index in [0.29, 0.717) is 0 Å². The van der Waals surface area contributed by atoms with Gasteiger partial charge in [0, 0.05) is 44.5 Å². The van der Waals surface area contributed by atoms with Gasteiger partial charge < -0.3 is 0 Å². The van der Waals surface area contributed by atoms with Crippen LogP contribution in [0.5, 0.6) is 0 Å². The number of rotatable bonds is 2. The summed E-state index contributed by atoms with van der Waals surface area (Å²) in [5.41, 5.74) is 2.43. The maximum absolute atomic E-state index is 4.27. The predicted molar refractivity (Wildman–Crippen MR) is 95.5 cm³/mol. The number of nitrogens with zero attached hydrogens (tertiary/aromatic N) is 1. The minimum Gasteiger partial charge on any atom is -0.261 e. The third-order valence-corrected chi connectivity index (χ3v) is 1.95.